The van der Waals surface area contributed by atoms with E-state index >= 15 is 0 Å². The SMILES string of the molecule is CCNC(=O)[C@H](C)Sc1nnc(-c2ccc(Br)cc2)o1. The Morgan fingerprint density at radius 2 is 2.10 bits per heavy atom. The molecule has 0 radical (unpaired) electrons. The van der Waals surface area contributed by atoms with Crippen LogP contribution in [0.4, 0.5) is 0 Å². The summed E-state index contributed by atoms with van der Waals surface area (Å²) in [5, 5.41) is 10.8. The average Bonchev–Trinajstić information content (AvgIpc) is 2.88. The lowest BCUT2D eigenvalue weighted by Gasteiger charge is -2.07. The van der Waals surface area contributed by atoms with Crippen LogP contribution in [0.2, 0.25) is 0 Å². The standard InChI is InChI=1S/C13H14BrN3O2S/c1-3-15-11(18)8(2)20-13-17-16-12(19-13)9-4-6-10(14)7-5-9/h4-8H,3H2,1-2H3,(H,15,18)/t8-/m0/s1. The molecule has 0 aliphatic carbocycles. The number of hydrogen-bond donors (Lipinski definition) is 1. The molecule has 0 aliphatic rings. The Labute approximate surface area is 129 Å². The van der Waals surface area contributed by atoms with Gasteiger partial charge < -0.3 is 9.73 Å². The average molecular weight is 356 g/mol. The van der Waals surface area contributed by atoms with Crippen LogP contribution in [0.15, 0.2) is 38.4 Å². The van der Waals surface area contributed by atoms with Gasteiger partial charge in [0.2, 0.25) is 11.8 Å². The van der Waals surface area contributed by atoms with Gasteiger partial charge in [0.15, 0.2) is 0 Å². The number of benzene rings is 1. The second-order valence-corrected chi connectivity index (χ2v) is 6.24. The Morgan fingerprint density at radius 1 is 1.40 bits per heavy atom. The third-order valence-electron chi connectivity index (χ3n) is 2.50. The quantitative estimate of drug-likeness (QED) is 0.834. The Morgan fingerprint density at radius 3 is 2.75 bits per heavy atom. The summed E-state index contributed by atoms with van der Waals surface area (Å²) in [7, 11) is 0. The van der Waals surface area contributed by atoms with Crippen molar-refractivity contribution in [2.24, 2.45) is 0 Å². The maximum atomic E-state index is 11.6. The number of carbonyl (C=O) groups is 1. The van der Waals surface area contributed by atoms with E-state index in [-0.39, 0.29) is 11.2 Å². The van der Waals surface area contributed by atoms with Crippen molar-refractivity contribution in [3.8, 4) is 11.5 Å². The number of carbonyl (C=O) groups excluding carboxylic acids is 1. The normalized spacial score (nSPS) is 12.2. The van der Waals surface area contributed by atoms with Crippen molar-refractivity contribution in [2.45, 2.75) is 24.3 Å². The van der Waals surface area contributed by atoms with Crippen LogP contribution >= 0.6 is 27.7 Å². The first kappa shape index (κ1) is 15.1. The first-order chi connectivity index (χ1) is 9.60. The van der Waals surface area contributed by atoms with Crippen molar-refractivity contribution < 1.29 is 9.21 Å². The number of nitrogens with zero attached hydrogens (tertiary/aromatic N) is 2. The van der Waals surface area contributed by atoms with E-state index in [9.17, 15) is 4.79 Å². The molecule has 7 heteroatoms. The molecule has 0 aliphatic heterocycles. The van der Waals surface area contributed by atoms with Crippen molar-refractivity contribution in [3.05, 3.63) is 28.7 Å². The molecule has 0 saturated carbocycles. The molecular formula is C13H14BrN3O2S. The molecule has 5 nitrogen and oxygen atoms in total. The van der Waals surface area contributed by atoms with E-state index in [2.05, 4.69) is 31.4 Å². The van der Waals surface area contributed by atoms with Gasteiger partial charge in [0.1, 0.15) is 0 Å². The van der Waals surface area contributed by atoms with Crippen LogP contribution in [0.3, 0.4) is 0 Å². The molecule has 0 saturated heterocycles. The summed E-state index contributed by atoms with van der Waals surface area (Å²) in [6, 6.07) is 7.59. The number of hydrogen-bond acceptors (Lipinski definition) is 5. The highest BCUT2D eigenvalue weighted by Crippen LogP contribution is 2.26. The van der Waals surface area contributed by atoms with Gasteiger partial charge in [0, 0.05) is 16.6 Å². The Hall–Kier alpha value is -1.34. The van der Waals surface area contributed by atoms with Crippen LogP contribution in [0.1, 0.15) is 13.8 Å². The van der Waals surface area contributed by atoms with Gasteiger partial charge in [-0.15, -0.1) is 10.2 Å². The lowest BCUT2D eigenvalue weighted by atomic mass is 10.2. The molecule has 2 aromatic rings. The molecule has 1 aromatic carbocycles. The largest absolute Gasteiger partial charge is 0.411 e. The molecule has 1 atom stereocenters. The van der Waals surface area contributed by atoms with E-state index in [1.807, 2.05) is 31.2 Å². The molecule has 2 rings (SSSR count). The highest BCUT2D eigenvalue weighted by molar-refractivity contribution is 9.10. The summed E-state index contributed by atoms with van der Waals surface area (Å²) in [6.07, 6.45) is 0. The Kier molecular flexibility index (Phi) is 5.19. The van der Waals surface area contributed by atoms with E-state index < -0.39 is 0 Å². The van der Waals surface area contributed by atoms with Gasteiger partial charge in [-0.1, -0.05) is 27.7 Å². The van der Waals surface area contributed by atoms with Gasteiger partial charge in [0.25, 0.3) is 5.22 Å². The lowest BCUT2D eigenvalue weighted by molar-refractivity contribution is -0.120. The van der Waals surface area contributed by atoms with Crippen LogP contribution in [-0.2, 0) is 4.79 Å². The monoisotopic (exact) mass is 355 g/mol. The van der Waals surface area contributed by atoms with Crippen molar-refractivity contribution in [3.63, 3.8) is 0 Å². The summed E-state index contributed by atoms with van der Waals surface area (Å²) in [5.74, 6) is 0.406. The maximum absolute atomic E-state index is 11.6. The van der Waals surface area contributed by atoms with Gasteiger partial charge in [-0.2, -0.15) is 0 Å². The van der Waals surface area contributed by atoms with Gasteiger partial charge in [-0.3, -0.25) is 4.79 Å². The van der Waals surface area contributed by atoms with Crippen LogP contribution in [-0.4, -0.2) is 27.9 Å². The zero-order valence-electron chi connectivity index (χ0n) is 11.1. The Balaban J connectivity index is 2.05. The maximum Gasteiger partial charge on any atom is 0.277 e. The first-order valence-corrected chi connectivity index (χ1v) is 7.81. The summed E-state index contributed by atoms with van der Waals surface area (Å²) in [6.45, 7) is 4.30. The number of thioether (sulfide) groups is 1. The number of aromatic nitrogens is 2. The minimum Gasteiger partial charge on any atom is -0.411 e. The minimum absolute atomic E-state index is 0.0408. The number of nitrogens with one attached hydrogen (secondary N) is 1. The van der Waals surface area contributed by atoms with Gasteiger partial charge in [0.05, 0.1) is 5.25 Å². The molecule has 0 fully saturated rings. The van der Waals surface area contributed by atoms with E-state index in [1.54, 1.807) is 6.92 Å². The second-order valence-electron chi connectivity index (χ2n) is 4.03. The molecular weight excluding hydrogens is 342 g/mol. The topological polar surface area (TPSA) is 68.0 Å². The van der Waals surface area contributed by atoms with E-state index in [0.717, 1.165) is 10.0 Å². The minimum atomic E-state index is -0.270. The van der Waals surface area contributed by atoms with Crippen LogP contribution < -0.4 is 5.32 Å². The molecule has 1 heterocycles. The molecule has 1 aromatic heterocycles. The summed E-state index contributed by atoms with van der Waals surface area (Å²) in [4.78, 5) is 11.6. The predicted octanol–water partition coefficient (Wildman–Crippen LogP) is 3.12. The predicted molar refractivity (Wildman–Crippen MR) is 81.4 cm³/mol. The molecule has 20 heavy (non-hydrogen) atoms. The van der Waals surface area contributed by atoms with Crippen molar-refractivity contribution >= 4 is 33.6 Å². The smallest absolute Gasteiger partial charge is 0.277 e. The first-order valence-electron chi connectivity index (χ1n) is 6.14. The zero-order chi connectivity index (χ0) is 14.5. The molecule has 106 valence electrons. The molecule has 0 bridgehead atoms. The summed E-state index contributed by atoms with van der Waals surface area (Å²) < 4.78 is 6.54. The highest BCUT2D eigenvalue weighted by atomic mass is 79.9. The third kappa shape index (κ3) is 3.83. The fourth-order valence-electron chi connectivity index (χ4n) is 1.49. The number of amides is 1. The van der Waals surface area contributed by atoms with Gasteiger partial charge in [-0.05, 0) is 38.1 Å². The van der Waals surface area contributed by atoms with Crippen molar-refractivity contribution in [2.75, 3.05) is 6.54 Å². The molecule has 0 spiro atoms. The van der Waals surface area contributed by atoms with Gasteiger partial charge in [-0.25, -0.2) is 0 Å². The van der Waals surface area contributed by atoms with Crippen LogP contribution in [0, 0.1) is 0 Å². The van der Waals surface area contributed by atoms with Crippen LogP contribution in [0.5, 0.6) is 0 Å². The second kappa shape index (κ2) is 6.90. The molecule has 0 unspecified atom stereocenters. The van der Waals surface area contributed by atoms with Crippen molar-refractivity contribution in [1.29, 1.82) is 0 Å². The molecule has 1 N–H and O–H groups in total. The molecule has 1 amide bonds. The fourth-order valence-corrected chi connectivity index (χ4v) is 2.46. The third-order valence-corrected chi connectivity index (χ3v) is 3.96. The van der Waals surface area contributed by atoms with Crippen LogP contribution in [0.25, 0.3) is 11.5 Å². The number of halogens is 1. The van der Waals surface area contributed by atoms with E-state index in [0.29, 0.717) is 17.7 Å². The van der Waals surface area contributed by atoms with Gasteiger partial charge >= 0.3 is 0 Å². The summed E-state index contributed by atoms with van der Waals surface area (Å²) >= 11 is 4.62. The number of rotatable bonds is 5. The lowest BCUT2D eigenvalue weighted by Crippen LogP contribution is -2.30. The van der Waals surface area contributed by atoms with Crippen molar-refractivity contribution in [1.82, 2.24) is 15.5 Å². The Bertz CT molecular complexity index is 586. The van der Waals surface area contributed by atoms with E-state index in [4.69, 9.17) is 4.42 Å². The zero-order valence-corrected chi connectivity index (χ0v) is 13.5. The van der Waals surface area contributed by atoms with E-state index in [1.165, 1.54) is 11.8 Å². The summed E-state index contributed by atoms with van der Waals surface area (Å²) in [5.41, 5.74) is 0.846. The highest BCUT2D eigenvalue weighted by Gasteiger charge is 2.17. The fraction of sp³-hybridized carbons (Fsp3) is 0.308.